The van der Waals surface area contributed by atoms with Gasteiger partial charge in [0.05, 0.1) is 17.2 Å². The van der Waals surface area contributed by atoms with Crippen molar-refractivity contribution in [3.05, 3.63) is 70.9 Å². The van der Waals surface area contributed by atoms with Gasteiger partial charge < -0.3 is 10.2 Å². The molecule has 138 valence electrons. The van der Waals surface area contributed by atoms with Gasteiger partial charge in [0.15, 0.2) is 0 Å². The molecule has 6 heteroatoms. The molecule has 3 aromatic rings. The third-order valence-electron chi connectivity index (χ3n) is 4.86. The number of anilines is 4. The Balaban J connectivity index is 1.79. The molecule has 0 fully saturated rings. The van der Waals surface area contributed by atoms with E-state index in [2.05, 4.69) is 34.3 Å². The highest BCUT2D eigenvalue weighted by Crippen LogP contribution is 2.35. The van der Waals surface area contributed by atoms with Gasteiger partial charge in [-0.25, -0.2) is 4.98 Å². The predicted molar refractivity (Wildman–Crippen MR) is 111 cm³/mol. The molecule has 0 bridgehead atoms. The molecule has 0 amide bonds. The summed E-state index contributed by atoms with van der Waals surface area (Å²) in [5, 5.41) is 3.33. The van der Waals surface area contributed by atoms with Crippen molar-refractivity contribution in [2.24, 2.45) is 0 Å². The Morgan fingerprint density at radius 3 is 2.41 bits per heavy atom. The van der Waals surface area contributed by atoms with E-state index in [0.29, 0.717) is 17.5 Å². The van der Waals surface area contributed by atoms with Crippen LogP contribution >= 0.6 is 0 Å². The van der Waals surface area contributed by atoms with Crippen molar-refractivity contribution in [3.63, 3.8) is 0 Å². The van der Waals surface area contributed by atoms with Crippen LogP contribution in [-0.4, -0.2) is 21.2 Å². The first-order chi connectivity index (χ1) is 13.0. The Morgan fingerprint density at radius 1 is 0.963 bits per heavy atom. The molecular formula is C21H22N4OS. The molecule has 5 nitrogen and oxygen atoms in total. The van der Waals surface area contributed by atoms with Crippen LogP contribution in [0.15, 0.2) is 48.5 Å². The Kier molecular flexibility index (Phi) is 4.66. The molecule has 0 aliphatic carbocycles. The summed E-state index contributed by atoms with van der Waals surface area (Å²) in [6.07, 6.45) is 0. The molecule has 1 aromatic heterocycles. The van der Waals surface area contributed by atoms with Crippen molar-refractivity contribution in [2.45, 2.75) is 25.4 Å². The summed E-state index contributed by atoms with van der Waals surface area (Å²) in [6, 6.07) is 16.2. The maximum Gasteiger partial charge on any atom is 0.229 e. The van der Waals surface area contributed by atoms with Gasteiger partial charge in [0.2, 0.25) is 5.95 Å². The molecule has 0 saturated carbocycles. The van der Waals surface area contributed by atoms with Crippen molar-refractivity contribution in [1.29, 1.82) is 0 Å². The number of aryl methyl sites for hydroxylation is 2. The smallest absolute Gasteiger partial charge is 0.229 e. The maximum absolute atomic E-state index is 12.2. The quantitative estimate of drug-likeness (QED) is 0.731. The molecule has 0 radical (unpaired) electrons. The lowest BCUT2D eigenvalue weighted by Crippen LogP contribution is -2.16. The van der Waals surface area contributed by atoms with Gasteiger partial charge in [0.1, 0.15) is 5.82 Å². The van der Waals surface area contributed by atoms with Crippen LogP contribution in [-0.2, 0) is 22.3 Å². The van der Waals surface area contributed by atoms with Crippen LogP contribution in [0.2, 0.25) is 0 Å². The molecule has 1 N–H and O–H groups in total. The number of aromatic nitrogens is 2. The van der Waals surface area contributed by atoms with Crippen LogP contribution in [0.1, 0.15) is 22.4 Å². The largest absolute Gasteiger partial charge is 0.329 e. The maximum atomic E-state index is 12.2. The van der Waals surface area contributed by atoms with Gasteiger partial charge >= 0.3 is 0 Å². The highest BCUT2D eigenvalue weighted by atomic mass is 32.2. The van der Waals surface area contributed by atoms with E-state index in [4.69, 9.17) is 4.98 Å². The molecule has 1 aliphatic heterocycles. The molecule has 1 atom stereocenters. The highest BCUT2D eigenvalue weighted by Gasteiger charge is 2.27. The number of fused-ring (bicyclic) bond motifs is 1. The van der Waals surface area contributed by atoms with Gasteiger partial charge in [-0.3, -0.25) is 4.21 Å². The Morgan fingerprint density at radius 2 is 1.67 bits per heavy atom. The average molecular weight is 379 g/mol. The van der Waals surface area contributed by atoms with E-state index < -0.39 is 10.8 Å². The lowest BCUT2D eigenvalue weighted by Gasteiger charge is -2.23. The number of hydrogen-bond acceptors (Lipinski definition) is 5. The summed E-state index contributed by atoms with van der Waals surface area (Å²) in [6.45, 7) is 4.13. The fourth-order valence-corrected chi connectivity index (χ4v) is 4.63. The van der Waals surface area contributed by atoms with Gasteiger partial charge in [0, 0.05) is 34.8 Å². The lowest BCUT2D eigenvalue weighted by atomic mass is 10.1. The van der Waals surface area contributed by atoms with Crippen LogP contribution in [0.3, 0.4) is 0 Å². The Bertz CT molecular complexity index is 1030. The van der Waals surface area contributed by atoms with Crippen LogP contribution in [0.25, 0.3) is 0 Å². The second-order valence-electron chi connectivity index (χ2n) is 6.81. The first-order valence-electron chi connectivity index (χ1n) is 8.89. The Labute approximate surface area is 161 Å². The van der Waals surface area contributed by atoms with E-state index in [9.17, 15) is 4.21 Å². The Hall–Kier alpha value is -2.73. The minimum Gasteiger partial charge on any atom is -0.329 e. The third-order valence-corrected chi connectivity index (χ3v) is 6.07. The molecule has 4 rings (SSSR count). The third kappa shape index (κ3) is 3.45. The fraction of sp³-hybridized carbons (Fsp3) is 0.238. The van der Waals surface area contributed by atoms with Gasteiger partial charge in [-0.15, -0.1) is 0 Å². The van der Waals surface area contributed by atoms with E-state index in [0.717, 1.165) is 34.0 Å². The highest BCUT2D eigenvalue weighted by molar-refractivity contribution is 7.83. The second-order valence-corrected chi connectivity index (χ2v) is 8.27. The number of benzene rings is 2. The van der Waals surface area contributed by atoms with E-state index in [-0.39, 0.29) is 0 Å². The summed E-state index contributed by atoms with van der Waals surface area (Å²) in [4.78, 5) is 11.5. The van der Waals surface area contributed by atoms with Crippen LogP contribution in [0.5, 0.6) is 0 Å². The molecule has 1 aliphatic rings. The topological polar surface area (TPSA) is 58.1 Å². The zero-order valence-electron chi connectivity index (χ0n) is 15.7. The van der Waals surface area contributed by atoms with Crippen LogP contribution < -0.4 is 10.2 Å². The first kappa shape index (κ1) is 17.7. The average Bonchev–Trinajstić information content (AvgIpc) is 3.03. The number of nitrogens with zero attached hydrogens (tertiary/aromatic N) is 3. The summed E-state index contributed by atoms with van der Waals surface area (Å²) < 4.78 is 12.2. The van der Waals surface area contributed by atoms with E-state index in [1.54, 1.807) is 0 Å². The van der Waals surface area contributed by atoms with Crippen molar-refractivity contribution in [1.82, 2.24) is 9.97 Å². The minimum atomic E-state index is -0.924. The number of para-hydroxylation sites is 2. The van der Waals surface area contributed by atoms with Gasteiger partial charge in [-0.2, -0.15) is 4.98 Å². The van der Waals surface area contributed by atoms with Gasteiger partial charge in [-0.05, 0) is 37.1 Å². The summed E-state index contributed by atoms with van der Waals surface area (Å²) in [5.74, 6) is 2.34. The van der Waals surface area contributed by atoms with Gasteiger partial charge in [0.25, 0.3) is 0 Å². The molecule has 1 unspecified atom stereocenters. The zero-order valence-corrected chi connectivity index (χ0v) is 16.5. The van der Waals surface area contributed by atoms with Gasteiger partial charge in [-0.1, -0.05) is 36.4 Å². The molecule has 27 heavy (non-hydrogen) atoms. The van der Waals surface area contributed by atoms with Crippen LogP contribution in [0, 0.1) is 13.8 Å². The molecule has 2 aromatic carbocycles. The van der Waals surface area contributed by atoms with E-state index >= 15 is 0 Å². The molecule has 2 heterocycles. The fourth-order valence-electron chi connectivity index (χ4n) is 3.37. The number of rotatable bonds is 4. The van der Waals surface area contributed by atoms with Crippen molar-refractivity contribution in [2.75, 3.05) is 17.3 Å². The monoisotopic (exact) mass is 378 g/mol. The molecule has 0 spiro atoms. The van der Waals surface area contributed by atoms with Crippen LogP contribution in [0.4, 0.5) is 23.1 Å². The van der Waals surface area contributed by atoms with Crippen molar-refractivity contribution >= 4 is 33.9 Å². The SMILES string of the molecule is Cc1ccccc1Nc1nc2c(c(N(C)c3ccccc3C)n1)CS(=O)C2. The van der Waals surface area contributed by atoms with Crippen molar-refractivity contribution < 1.29 is 4.21 Å². The second kappa shape index (κ2) is 7.12. The lowest BCUT2D eigenvalue weighted by molar-refractivity contribution is 0.684. The predicted octanol–water partition coefficient (Wildman–Crippen LogP) is 4.37. The molecule has 0 saturated heterocycles. The molecular weight excluding hydrogens is 356 g/mol. The minimum absolute atomic E-state index is 0.481. The normalized spacial score (nSPS) is 15.4. The first-order valence-corrected chi connectivity index (χ1v) is 10.4. The summed E-state index contributed by atoms with van der Waals surface area (Å²) in [5.41, 5.74) is 6.20. The standard InChI is InChI=1S/C21H22N4OS/c1-14-8-4-6-10-17(14)22-21-23-18-13-27(26)12-16(18)20(24-21)25(3)19-11-7-5-9-15(19)2/h4-11H,12-13H2,1-3H3,(H,22,23,24). The summed E-state index contributed by atoms with van der Waals surface area (Å²) in [7, 11) is 1.08. The number of nitrogens with one attached hydrogen (secondary N) is 1. The summed E-state index contributed by atoms with van der Waals surface area (Å²) >= 11 is 0. The zero-order chi connectivity index (χ0) is 19.0. The number of hydrogen-bond donors (Lipinski definition) is 1. The van der Waals surface area contributed by atoms with Crippen molar-refractivity contribution in [3.8, 4) is 0 Å². The van der Waals surface area contributed by atoms with E-state index in [1.165, 1.54) is 5.56 Å². The van der Waals surface area contributed by atoms with E-state index in [1.807, 2.05) is 50.4 Å².